The summed E-state index contributed by atoms with van der Waals surface area (Å²) in [5.74, 6) is 0.896. The van der Waals surface area contributed by atoms with E-state index in [9.17, 15) is 19.2 Å². The number of nitrogens with zero attached hydrogens (tertiary/aromatic N) is 5. The van der Waals surface area contributed by atoms with Gasteiger partial charge in [-0.3, -0.25) is 14.6 Å². The Labute approximate surface area is 324 Å². The average molecular weight is 764 g/mol. The molecule has 2 fully saturated rings. The maximum Gasteiger partial charge on any atom is 0.407 e. The maximum atomic E-state index is 13.6. The van der Waals surface area contributed by atoms with Crippen LogP contribution in [0.5, 0.6) is 0 Å². The second kappa shape index (κ2) is 16.0. The van der Waals surface area contributed by atoms with Crippen LogP contribution in [0.2, 0.25) is 0 Å². The van der Waals surface area contributed by atoms with Crippen molar-refractivity contribution >= 4 is 45.8 Å². The summed E-state index contributed by atoms with van der Waals surface area (Å²) in [6, 6.07) is 12.4. The Morgan fingerprint density at radius 1 is 0.714 bits per heavy atom. The van der Waals surface area contributed by atoms with Crippen molar-refractivity contribution in [3.8, 4) is 22.5 Å². The Hall–Kier alpha value is -5.99. The van der Waals surface area contributed by atoms with E-state index in [0.29, 0.717) is 24.7 Å². The molecular formula is C41H49N9O6. The third-order valence-corrected chi connectivity index (χ3v) is 10.9. The number of likely N-dealkylation sites (tertiary alicyclic amines) is 2. The Kier molecular flexibility index (Phi) is 10.9. The van der Waals surface area contributed by atoms with Crippen LogP contribution in [0.4, 0.5) is 9.59 Å². The Morgan fingerprint density at radius 2 is 1.32 bits per heavy atom. The molecule has 2 aliphatic rings. The molecule has 4 atom stereocenters. The number of alkyl carbamates (subject to hydrolysis) is 2. The highest BCUT2D eigenvalue weighted by atomic mass is 16.5. The number of H-pyrrole nitrogens is 2. The Balaban J connectivity index is 1.07. The van der Waals surface area contributed by atoms with Gasteiger partial charge in [0.25, 0.3) is 0 Å². The minimum Gasteiger partial charge on any atom is -0.453 e. The number of aromatic nitrogens is 5. The number of carbonyl (C=O) groups excluding carboxylic acids is 4. The van der Waals surface area contributed by atoms with Crippen molar-refractivity contribution < 1.29 is 28.7 Å². The van der Waals surface area contributed by atoms with Crippen LogP contribution >= 0.6 is 0 Å². The van der Waals surface area contributed by atoms with E-state index in [1.54, 1.807) is 11.1 Å². The summed E-state index contributed by atoms with van der Waals surface area (Å²) in [7, 11) is 2.57. The van der Waals surface area contributed by atoms with E-state index in [1.165, 1.54) is 14.2 Å². The van der Waals surface area contributed by atoms with Crippen LogP contribution < -0.4 is 10.6 Å². The smallest absolute Gasteiger partial charge is 0.407 e. The lowest BCUT2D eigenvalue weighted by molar-refractivity contribution is -0.136. The average Bonchev–Trinajstić information content (AvgIpc) is 4.03. The van der Waals surface area contributed by atoms with Crippen molar-refractivity contribution in [2.45, 2.75) is 77.5 Å². The fourth-order valence-corrected chi connectivity index (χ4v) is 7.85. The number of ether oxygens (including phenoxy) is 2. The van der Waals surface area contributed by atoms with Crippen molar-refractivity contribution in [1.29, 1.82) is 0 Å². The van der Waals surface area contributed by atoms with E-state index in [2.05, 4.69) is 38.8 Å². The van der Waals surface area contributed by atoms with Crippen molar-refractivity contribution in [2.24, 2.45) is 11.8 Å². The number of pyridine rings is 1. The molecule has 4 amide bonds. The Bertz CT molecular complexity index is 2260. The first kappa shape index (κ1) is 38.3. The number of amides is 4. The minimum absolute atomic E-state index is 0.113. The van der Waals surface area contributed by atoms with Gasteiger partial charge in [0.2, 0.25) is 11.8 Å². The molecule has 5 aromatic rings. The second-order valence-electron chi connectivity index (χ2n) is 15.3. The number of benzene rings is 2. The highest BCUT2D eigenvalue weighted by molar-refractivity contribution is 5.91. The lowest BCUT2D eigenvalue weighted by Crippen LogP contribution is -2.51. The van der Waals surface area contributed by atoms with Crippen LogP contribution in [0, 0.1) is 11.8 Å². The van der Waals surface area contributed by atoms with Crippen molar-refractivity contribution in [3.63, 3.8) is 0 Å². The van der Waals surface area contributed by atoms with Gasteiger partial charge in [0, 0.05) is 35.8 Å². The standard InChI is InChI=1S/C41H49N9O6/c1-22(2)34(47-40(53)55-5)38(51)49-15-7-9-32(49)36-43-21-31(46-36)25-12-11-24-18-29(42-20-27(24)17-25)26-13-14-28-30(19-26)45-37(44-28)33-10-8-16-50(33)39(52)35(23(3)4)48-41(54)56-6/h11-14,17-23,32-35H,7-10,15-16H2,1-6H3,(H,43,46)(H,44,45)(H,47,53)(H,48,54). The van der Waals surface area contributed by atoms with Gasteiger partial charge in [-0.05, 0) is 67.2 Å². The van der Waals surface area contributed by atoms with Gasteiger partial charge in [0.15, 0.2) is 0 Å². The lowest BCUT2D eigenvalue weighted by atomic mass is 10.0. The van der Waals surface area contributed by atoms with Crippen molar-refractivity contribution in [2.75, 3.05) is 27.3 Å². The highest BCUT2D eigenvalue weighted by Gasteiger charge is 2.39. The first-order valence-corrected chi connectivity index (χ1v) is 19.2. The number of methoxy groups -OCH3 is 2. The third kappa shape index (κ3) is 7.62. The highest BCUT2D eigenvalue weighted by Crippen LogP contribution is 2.35. The van der Waals surface area contributed by atoms with E-state index in [0.717, 1.165) is 70.0 Å². The fourth-order valence-electron chi connectivity index (χ4n) is 7.85. The molecule has 0 spiro atoms. The molecule has 3 aromatic heterocycles. The molecule has 0 aliphatic carbocycles. The van der Waals surface area contributed by atoms with Crippen LogP contribution in [0.25, 0.3) is 44.3 Å². The molecule has 2 aromatic carbocycles. The summed E-state index contributed by atoms with van der Waals surface area (Å²) in [4.78, 5) is 76.1. The summed E-state index contributed by atoms with van der Waals surface area (Å²) in [5, 5.41) is 7.38. The van der Waals surface area contributed by atoms with E-state index in [-0.39, 0.29) is 35.7 Å². The van der Waals surface area contributed by atoms with Gasteiger partial charge in [-0.1, -0.05) is 45.9 Å². The number of imidazole rings is 2. The number of hydrogen-bond donors (Lipinski definition) is 4. The van der Waals surface area contributed by atoms with E-state index in [4.69, 9.17) is 24.4 Å². The fraction of sp³-hybridized carbons (Fsp3) is 0.439. The number of hydrogen-bond acceptors (Lipinski definition) is 9. The summed E-state index contributed by atoms with van der Waals surface area (Å²) >= 11 is 0. The number of nitrogens with one attached hydrogen (secondary N) is 4. The summed E-state index contributed by atoms with van der Waals surface area (Å²) < 4.78 is 9.53. The minimum atomic E-state index is -0.701. The molecule has 2 aliphatic heterocycles. The molecule has 7 rings (SSSR count). The van der Waals surface area contributed by atoms with Crippen molar-refractivity contribution in [1.82, 2.24) is 45.4 Å². The zero-order valence-electron chi connectivity index (χ0n) is 32.6. The zero-order valence-corrected chi connectivity index (χ0v) is 32.6. The zero-order chi connectivity index (χ0) is 39.7. The van der Waals surface area contributed by atoms with Gasteiger partial charge in [-0.2, -0.15) is 0 Å². The van der Waals surface area contributed by atoms with Crippen molar-refractivity contribution in [3.05, 3.63) is 66.5 Å². The molecule has 4 unspecified atom stereocenters. The topological polar surface area (TPSA) is 188 Å². The van der Waals surface area contributed by atoms with Gasteiger partial charge in [0.05, 0.1) is 54.9 Å². The predicted molar refractivity (Wildman–Crippen MR) is 210 cm³/mol. The molecule has 0 bridgehead atoms. The molecule has 294 valence electrons. The molecule has 15 nitrogen and oxygen atoms in total. The molecular weight excluding hydrogens is 715 g/mol. The summed E-state index contributed by atoms with van der Waals surface area (Å²) in [6.45, 7) is 8.76. The summed E-state index contributed by atoms with van der Waals surface area (Å²) in [5.41, 5.74) is 5.16. The number of fused-ring (bicyclic) bond motifs is 2. The number of aromatic amines is 2. The first-order valence-electron chi connectivity index (χ1n) is 19.2. The molecule has 4 N–H and O–H groups in total. The largest absolute Gasteiger partial charge is 0.453 e. The SMILES string of the molecule is COC(=O)NC(C(=O)N1CCCC1c1ncc(-c2ccc3cc(-c4ccc5nc(C6CCCN6C(=O)C(NC(=O)OC)C(C)C)[nH]c5c4)ncc3c2)[nH]1)C(C)C. The lowest BCUT2D eigenvalue weighted by Gasteiger charge is -2.30. The van der Waals surface area contributed by atoms with Gasteiger partial charge in [-0.15, -0.1) is 0 Å². The number of rotatable bonds is 10. The van der Waals surface area contributed by atoms with Gasteiger partial charge >= 0.3 is 12.2 Å². The summed E-state index contributed by atoms with van der Waals surface area (Å²) in [6.07, 6.45) is 5.61. The third-order valence-electron chi connectivity index (χ3n) is 10.9. The van der Waals surface area contributed by atoms with E-state index in [1.807, 2.05) is 63.1 Å². The van der Waals surface area contributed by atoms with Crippen LogP contribution in [0.3, 0.4) is 0 Å². The van der Waals surface area contributed by atoms with Crippen LogP contribution in [0.15, 0.2) is 54.9 Å². The van der Waals surface area contributed by atoms with Gasteiger partial charge < -0.3 is 39.9 Å². The maximum absolute atomic E-state index is 13.6. The van der Waals surface area contributed by atoms with E-state index < -0.39 is 24.3 Å². The second-order valence-corrected chi connectivity index (χ2v) is 15.3. The molecule has 5 heterocycles. The molecule has 0 saturated carbocycles. The quantitative estimate of drug-likeness (QED) is 0.127. The predicted octanol–water partition coefficient (Wildman–Crippen LogP) is 6.26. The monoisotopic (exact) mass is 763 g/mol. The normalized spacial score (nSPS) is 18.1. The van der Waals surface area contributed by atoms with Gasteiger partial charge in [0.1, 0.15) is 23.7 Å². The molecule has 2 saturated heterocycles. The van der Waals surface area contributed by atoms with Gasteiger partial charge in [-0.25, -0.2) is 19.6 Å². The first-order chi connectivity index (χ1) is 26.9. The van der Waals surface area contributed by atoms with Crippen LogP contribution in [0.1, 0.15) is 77.1 Å². The molecule has 15 heteroatoms. The van der Waals surface area contributed by atoms with Crippen LogP contribution in [-0.4, -0.2) is 98.1 Å². The van der Waals surface area contributed by atoms with Crippen LogP contribution in [-0.2, 0) is 19.1 Å². The molecule has 56 heavy (non-hydrogen) atoms. The molecule has 0 radical (unpaired) electrons. The number of carbonyl (C=O) groups is 4. The Morgan fingerprint density at radius 3 is 1.93 bits per heavy atom. The van der Waals surface area contributed by atoms with E-state index >= 15 is 0 Å².